The molecule has 0 heterocycles. The average molecular weight is 292 g/mol. The fraction of sp³-hybridized carbons (Fsp3) is 0.300. The molecular weight excluding hydrogens is 272 g/mol. The fourth-order valence-electron chi connectivity index (χ4n) is 3.23. The lowest BCUT2D eigenvalue weighted by atomic mass is 9.88. The number of ketones is 2. The number of Topliss-reactive ketones (excluding diaryl/α,β-unsaturated/α-hetero) is 2. The van der Waals surface area contributed by atoms with Crippen molar-refractivity contribution in [3.05, 3.63) is 71.3 Å². The Morgan fingerprint density at radius 2 is 1.59 bits per heavy atom. The SMILES string of the molecule is O=C1CCCC(C(=O)c2ccccc2)CCc2ccccc21. The van der Waals surface area contributed by atoms with E-state index in [9.17, 15) is 9.59 Å². The second-order valence-corrected chi connectivity index (χ2v) is 5.94. The minimum Gasteiger partial charge on any atom is -0.294 e. The Morgan fingerprint density at radius 3 is 2.41 bits per heavy atom. The second-order valence-electron chi connectivity index (χ2n) is 5.94. The van der Waals surface area contributed by atoms with Crippen LogP contribution in [0.25, 0.3) is 0 Å². The van der Waals surface area contributed by atoms with E-state index in [4.69, 9.17) is 0 Å². The zero-order valence-corrected chi connectivity index (χ0v) is 12.6. The van der Waals surface area contributed by atoms with E-state index in [1.165, 1.54) is 0 Å². The van der Waals surface area contributed by atoms with Crippen LogP contribution in [0, 0.1) is 5.92 Å². The number of rotatable bonds is 2. The molecule has 3 rings (SSSR count). The van der Waals surface area contributed by atoms with E-state index in [1.54, 1.807) is 0 Å². The van der Waals surface area contributed by atoms with Gasteiger partial charge in [0.05, 0.1) is 0 Å². The van der Waals surface area contributed by atoms with Crippen LogP contribution in [0.3, 0.4) is 0 Å². The smallest absolute Gasteiger partial charge is 0.165 e. The second kappa shape index (κ2) is 6.69. The highest BCUT2D eigenvalue weighted by Crippen LogP contribution is 2.25. The summed E-state index contributed by atoms with van der Waals surface area (Å²) < 4.78 is 0. The van der Waals surface area contributed by atoms with Gasteiger partial charge in [-0.3, -0.25) is 9.59 Å². The number of fused-ring (bicyclic) bond motifs is 1. The first-order chi connectivity index (χ1) is 10.8. The van der Waals surface area contributed by atoms with Gasteiger partial charge in [0.1, 0.15) is 0 Å². The molecule has 1 aliphatic rings. The lowest BCUT2D eigenvalue weighted by Crippen LogP contribution is -2.15. The molecule has 1 aliphatic carbocycles. The minimum absolute atomic E-state index is 0.0151. The van der Waals surface area contributed by atoms with Gasteiger partial charge in [0.2, 0.25) is 0 Å². The molecule has 1 unspecified atom stereocenters. The first-order valence-corrected chi connectivity index (χ1v) is 7.96. The number of hydrogen-bond donors (Lipinski definition) is 0. The Bertz CT molecular complexity index is 673. The molecule has 0 fully saturated rings. The number of carbonyl (C=O) groups excluding carboxylic acids is 2. The van der Waals surface area contributed by atoms with Crippen LogP contribution in [0.2, 0.25) is 0 Å². The van der Waals surface area contributed by atoms with Crippen molar-refractivity contribution in [3.63, 3.8) is 0 Å². The molecule has 0 amide bonds. The Labute approximate surface area is 131 Å². The topological polar surface area (TPSA) is 34.1 Å². The molecule has 0 spiro atoms. The quantitative estimate of drug-likeness (QED) is 0.764. The van der Waals surface area contributed by atoms with Crippen molar-refractivity contribution >= 4 is 11.6 Å². The maximum Gasteiger partial charge on any atom is 0.165 e. The summed E-state index contributed by atoms with van der Waals surface area (Å²) in [6, 6.07) is 17.3. The third kappa shape index (κ3) is 3.16. The Hall–Kier alpha value is -2.22. The van der Waals surface area contributed by atoms with Crippen molar-refractivity contribution < 1.29 is 9.59 Å². The van der Waals surface area contributed by atoms with Crippen LogP contribution in [0.15, 0.2) is 54.6 Å². The standard InChI is InChI=1S/C20H20O2/c21-19-12-6-10-17(20(22)16-8-2-1-3-9-16)14-13-15-7-4-5-11-18(15)19/h1-5,7-9,11,17H,6,10,12-14H2. The highest BCUT2D eigenvalue weighted by molar-refractivity contribution is 5.99. The van der Waals surface area contributed by atoms with E-state index in [0.717, 1.165) is 42.4 Å². The zero-order chi connectivity index (χ0) is 15.4. The van der Waals surface area contributed by atoms with Gasteiger partial charge in [0, 0.05) is 23.5 Å². The summed E-state index contributed by atoms with van der Waals surface area (Å²) >= 11 is 0. The number of hydrogen-bond acceptors (Lipinski definition) is 2. The van der Waals surface area contributed by atoms with Gasteiger partial charge in [0.15, 0.2) is 11.6 Å². The van der Waals surface area contributed by atoms with Crippen LogP contribution in [0.5, 0.6) is 0 Å². The van der Waals surface area contributed by atoms with E-state index < -0.39 is 0 Å². The van der Waals surface area contributed by atoms with Gasteiger partial charge in [-0.15, -0.1) is 0 Å². The van der Waals surface area contributed by atoms with Crippen LogP contribution in [0.4, 0.5) is 0 Å². The summed E-state index contributed by atoms with van der Waals surface area (Å²) in [5.41, 5.74) is 2.71. The number of benzene rings is 2. The molecule has 0 aromatic heterocycles. The third-order valence-corrected chi connectivity index (χ3v) is 4.47. The van der Waals surface area contributed by atoms with Gasteiger partial charge >= 0.3 is 0 Å². The van der Waals surface area contributed by atoms with Gasteiger partial charge in [-0.1, -0.05) is 54.6 Å². The van der Waals surface area contributed by atoms with E-state index in [2.05, 4.69) is 0 Å². The first kappa shape index (κ1) is 14.7. The molecule has 22 heavy (non-hydrogen) atoms. The van der Waals surface area contributed by atoms with Crippen molar-refractivity contribution in [1.82, 2.24) is 0 Å². The summed E-state index contributed by atoms with van der Waals surface area (Å²) in [5.74, 6) is 0.442. The third-order valence-electron chi connectivity index (χ3n) is 4.47. The van der Waals surface area contributed by atoms with Crippen LogP contribution in [-0.2, 0) is 6.42 Å². The monoisotopic (exact) mass is 292 g/mol. The maximum absolute atomic E-state index is 12.7. The average Bonchev–Trinajstić information content (AvgIpc) is 2.65. The van der Waals surface area contributed by atoms with Crippen molar-refractivity contribution in [3.8, 4) is 0 Å². The molecule has 0 aliphatic heterocycles. The molecule has 2 aromatic rings. The van der Waals surface area contributed by atoms with Gasteiger partial charge in [-0.25, -0.2) is 0 Å². The van der Waals surface area contributed by atoms with Crippen LogP contribution in [-0.4, -0.2) is 11.6 Å². The minimum atomic E-state index is 0.0151. The Balaban J connectivity index is 1.82. The lowest BCUT2D eigenvalue weighted by Gasteiger charge is -2.15. The largest absolute Gasteiger partial charge is 0.294 e. The van der Waals surface area contributed by atoms with Crippen LogP contribution < -0.4 is 0 Å². The summed E-state index contributed by atoms with van der Waals surface area (Å²) in [4.78, 5) is 25.0. The van der Waals surface area contributed by atoms with E-state index >= 15 is 0 Å². The molecule has 2 nitrogen and oxygen atoms in total. The normalized spacial score (nSPS) is 18.7. The fourth-order valence-corrected chi connectivity index (χ4v) is 3.23. The molecule has 1 atom stereocenters. The van der Waals surface area contributed by atoms with Crippen molar-refractivity contribution in [2.75, 3.05) is 0 Å². The van der Waals surface area contributed by atoms with Crippen LogP contribution in [0.1, 0.15) is 52.0 Å². The molecule has 2 aromatic carbocycles. The summed E-state index contributed by atoms with van der Waals surface area (Å²) in [5, 5.41) is 0. The summed E-state index contributed by atoms with van der Waals surface area (Å²) in [6.45, 7) is 0. The Kier molecular flexibility index (Phi) is 4.47. The van der Waals surface area contributed by atoms with Gasteiger partial charge in [0.25, 0.3) is 0 Å². The summed E-state index contributed by atoms with van der Waals surface area (Å²) in [7, 11) is 0. The summed E-state index contributed by atoms with van der Waals surface area (Å²) in [6.07, 6.45) is 3.74. The van der Waals surface area contributed by atoms with E-state index in [1.807, 2.05) is 54.6 Å². The molecule has 2 heteroatoms. The Morgan fingerprint density at radius 1 is 0.864 bits per heavy atom. The lowest BCUT2D eigenvalue weighted by molar-refractivity contribution is 0.0896. The van der Waals surface area contributed by atoms with E-state index in [-0.39, 0.29) is 17.5 Å². The molecule has 0 saturated heterocycles. The van der Waals surface area contributed by atoms with E-state index in [0.29, 0.717) is 6.42 Å². The first-order valence-electron chi connectivity index (χ1n) is 7.96. The van der Waals surface area contributed by atoms with Crippen molar-refractivity contribution in [1.29, 1.82) is 0 Å². The highest BCUT2D eigenvalue weighted by Gasteiger charge is 2.23. The highest BCUT2D eigenvalue weighted by atomic mass is 16.1. The molecule has 112 valence electrons. The molecule has 0 N–H and O–H groups in total. The maximum atomic E-state index is 12.7. The molecule has 0 bridgehead atoms. The van der Waals surface area contributed by atoms with Crippen LogP contribution >= 0.6 is 0 Å². The van der Waals surface area contributed by atoms with Gasteiger partial charge in [-0.05, 0) is 31.2 Å². The predicted octanol–water partition coefficient (Wildman–Crippen LogP) is 4.48. The molecular formula is C20H20O2. The number of carbonyl (C=O) groups is 2. The molecule has 0 radical (unpaired) electrons. The van der Waals surface area contributed by atoms with Gasteiger partial charge in [-0.2, -0.15) is 0 Å². The van der Waals surface area contributed by atoms with Crippen molar-refractivity contribution in [2.45, 2.75) is 32.1 Å². The van der Waals surface area contributed by atoms with Crippen molar-refractivity contribution in [2.24, 2.45) is 5.92 Å². The zero-order valence-electron chi connectivity index (χ0n) is 12.6. The predicted molar refractivity (Wildman–Crippen MR) is 87.2 cm³/mol. The molecule has 0 saturated carbocycles. The van der Waals surface area contributed by atoms with Gasteiger partial charge < -0.3 is 0 Å². The number of aryl methyl sites for hydroxylation is 1.